The van der Waals surface area contributed by atoms with Gasteiger partial charge in [0.15, 0.2) is 0 Å². The van der Waals surface area contributed by atoms with Gasteiger partial charge in [0.1, 0.15) is 5.82 Å². The summed E-state index contributed by atoms with van der Waals surface area (Å²) in [6.45, 7) is 1.91. The zero-order valence-electron chi connectivity index (χ0n) is 6.25. The molecule has 0 amide bonds. The maximum absolute atomic E-state index is 3.84. The van der Waals surface area contributed by atoms with E-state index >= 15 is 0 Å². The highest BCUT2D eigenvalue weighted by molar-refractivity contribution is 14.0. The van der Waals surface area contributed by atoms with Crippen LogP contribution in [-0.4, -0.2) is 21.8 Å². The topological polar surface area (TPSA) is 42.7 Å². The van der Waals surface area contributed by atoms with E-state index in [1.807, 2.05) is 25.6 Å². The zero-order valence-corrected chi connectivity index (χ0v) is 8.58. The number of hydrogen-bond acceptors (Lipinski definition) is 3. The van der Waals surface area contributed by atoms with E-state index in [1.165, 1.54) is 0 Å². The van der Waals surface area contributed by atoms with Crippen molar-refractivity contribution in [2.24, 2.45) is 7.05 Å². The van der Waals surface area contributed by atoms with Gasteiger partial charge in [0.05, 0.1) is 0 Å². The standard InChI is InChI=1S/C5H10N4.HI/c1-4-7-8-5(6-2)9(4)3;/h1-3H3,(H,6,8);1H. The molecule has 1 N–H and O–H groups in total. The predicted molar refractivity (Wildman–Crippen MR) is 50.7 cm³/mol. The normalized spacial score (nSPS) is 8.70. The van der Waals surface area contributed by atoms with Crippen LogP contribution in [0.5, 0.6) is 0 Å². The van der Waals surface area contributed by atoms with Gasteiger partial charge in [-0.25, -0.2) is 0 Å². The van der Waals surface area contributed by atoms with Gasteiger partial charge in [-0.15, -0.1) is 34.2 Å². The van der Waals surface area contributed by atoms with Crippen molar-refractivity contribution in [1.29, 1.82) is 0 Å². The van der Waals surface area contributed by atoms with Crippen LogP contribution in [0.4, 0.5) is 5.95 Å². The largest absolute Gasteiger partial charge is 0.357 e. The number of rotatable bonds is 1. The van der Waals surface area contributed by atoms with Crippen molar-refractivity contribution in [1.82, 2.24) is 14.8 Å². The Labute approximate surface area is 77.0 Å². The summed E-state index contributed by atoms with van der Waals surface area (Å²) in [4.78, 5) is 0. The summed E-state index contributed by atoms with van der Waals surface area (Å²) in [5.74, 6) is 1.71. The van der Waals surface area contributed by atoms with E-state index in [4.69, 9.17) is 0 Å². The first-order valence-electron chi connectivity index (χ1n) is 2.79. The Morgan fingerprint density at radius 2 is 2.00 bits per heavy atom. The summed E-state index contributed by atoms with van der Waals surface area (Å²) in [6, 6.07) is 0. The minimum Gasteiger partial charge on any atom is -0.357 e. The molecule has 0 saturated carbocycles. The van der Waals surface area contributed by atoms with Crippen LogP contribution in [0.1, 0.15) is 5.82 Å². The lowest BCUT2D eigenvalue weighted by Gasteiger charge is -1.96. The molecule has 0 aliphatic carbocycles. The Morgan fingerprint density at radius 3 is 2.20 bits per heavy atom. The van der Waals surface area contributed by atoms with E-state index in [-0.39, 0.29) is 24.0 Å². The molecule has 0 aliphatic rings. The first kappa shape index (κ1) is 9.67. The van der Waals surface area contributed by atoms with E-state index in [1.54, 1.807) is 0 Å². The molecule has 0 unspecified atom stereocenters. The Kier molecular flexibility index (Phi) is 3.62. The highest BCUT2D eigenvalue weighted by Gasteiger charge is 1.98. The van der Waals surface area contributed by atoms with Gasteiger partial charge in [-0.3, -0.25) is 0 Å². The van der Waals surface area contributed by atoms with Gasteiger partial charge in [0.2, 0.25) is 5.95 Å². The summed E-state index contributed by atoms with van der Waals surface area (Å²) in [5.41, 5.74) is 0. The number of nitrogens with zero attached hydrogens (tertiary/aromatic N) is 3. The average Bonchev–Trinajstić information content (AvgIpc) is 2.15. The number of halogens is 1. The van der Waals surface area contributed by atoms with Crippen molar-refractivity contribution in [3.05, 3.63) is 5.82 Å². The molecule has 0 aromatic carbocycles. The molecule has 58 valence electrons. The minimum absolute atomic E-state index is 0. The average molecular weight is 254 g/mol. The van der Waals surface area contributed by atoms with Gasteiger partial charge in [-0.05, 0) is 6.92 Å². The second-order valence-corrected chi connectivity index (χ2v) is 1.88. The number of aromatic nitrogens is 3. The number of anilines is 1. The quantitative estimate of drug-likeness (QED) is 0.753. The Morgan fingerprint density at radius 1 is 1.40 bits per heavy atom. The third-order valence-corrected chi connectivity index (χ3v) is 1.32. The van der Waals surface area contributed by atoms with Crippen molar-refractivity contribution in [2.45, 2.75) is 6.92 Å². The van der Waals surface area contributed by atoms with Crippen LogP contribution in [0.15, 0.2) is 0 Å². The van der Waals surface area contributed by atoms with E-state index in [0.717, 1.165) is 11.8 Å². The monoisotopic (exact) mass is 254 g/mol. The van der Waals surface area contributed by atoms with Crippen molar-refractivity contribution < 1.29 is 0 Å². The molecule has 1 rings (SSSR count). The van der Waals surface area contributed by atoms with Crippen LogP contribution in [0, 0.1) is 6.92 Å². The Bertz CT molecular complexity index is 207. The summed E-state index contributed by atoms with van der Waals surface area (Å²) in [6.07, 6.45) is 0. The molecule has 5 heteroatoms. The highest BCUT2D eigenvalue weighted by Crippen LogP contribution is 2.00. The highest BCUT2D eigenvalue weighted by atomic mass is 127. The maximum Gasteiger partial charge on any atom is 0.224 e. The molecular weight excluding hydrogens is 243 g/mol. The van der Waals surface area contributed by atoms with Crippen LogP contribution >= 0.6 is 24.0 Å². The van der Waals surface area contributed by atoms with Crippen LogP contribution in [0.3, 0.4) is 0 Å². The number of hydrogen-bond donors (Lipinski definition) is 1. The molecule has 0 aliphatic heterocycles. The van der Waals surface area contributed by atoms with Gasteiger partial charge in [0, 0.05) is 14.1 Å². The molecule has 0 bridgehead atoms. The Hall–Kier alpha value is -0.330. The number of aryl methyl sites for hydroxylation is 1. The molecule has 0 fully saturated rings. The van der Waals surface area contributed by atoms with Crippen molar-refractivity contribution in [3.8, 4) is 0 Å². The van der Waals surface area contributed by atoms with Gasteiger partial charge in [-0.2, -0.15) is 0 Å². The molecule has 1 aromatic heterocycles. The van der Waals surface area contributed by atoms with E-state index in [2.05, 4.69) is 15.5 Å². The minimum atomic E-state index is 0. The molecule has 1 heterocycles. The second kappa shape index (κ2) is 3.75. The van der Waals surface area contributed by atoms with Crippen LogP contribution in [0.25, 0.3) is 0 Å². The molecule has 0 atom stereocenters. The maximum atomic E-state index is 3.84. The predicted octanol–water partition coefficient (Wildman–Crippen LogP) is 0.783. The molecule has 1 aromatic rings. The fraction of sp³-hybridized carbons (Fsp3) is 0.600. The second-order valence-electron chi connectivity index (χ2n) is 1.88. The first-order valence-corrected chi connectivity index (χ1v) is 2.79. The fourth-order valence-electron chi connectivity index (χ4n) is 0.625. The molecular formula is C5H11IN4. The molecule has 0 spiro atoms. The fourth-order valence-corrected chi connectivity index (χ4v) is 0.625. The first-order chi connectivity index (χ1) is 4.25. The van der Waals surface area contributed by atoms with Gasteiger partial charge < -0.3 is 9.88 Å². The number of nitrogens with one attached hydrogen (secondary N) is 1. The van der Waals surface area contributed by atoms with Crippen LogP contribution in [-0.2, 0) is 7.05 Å². The van der Waals surface area contributed by atoms with Gasteiger partial charge >= 0.3 is 0 Å². The zero-order chi connectivity index (χ0) is 6.85. The summed E-state index contributed by atoms with van der Waals surface area (Å²) >= 11 is 0. The third kappa shape index (κ3) is 1.59. The van der Waals surface area contributed by atoms with Crippen molar-refractivity contribution in [3.63, 3.8) is 0 Å². The lowest BCUT2D eigenvalue weighted by atomic mass is 10.7. The van der Waals surface area contributed by atoms with E-state index in [0.29, 0.717) is 0 Å². The smallest absolute Gasteiger partial charge is 0.224 e. The van der Waals surface area contributed by atoms with Crippen molar-refractivity contribution in [2.75, 3.05) is 12.4 Å². The Balaban J connectivity index is 0.000000810. The summed E-state index contributed by atoms with van der Waals surface area (Å²) < 4.78 is 1.89. The third-order valence-electron chi connectivity index (χ3n) is 1.32. The SMILES string of the molecule is CNc1nnc(C)n1C.I. The van der Waals surface area contributed by atoms with E-state index in [9.17, 15) is 0 Å². The van der Waals surface area contributed by atoms with Gasteiger partial charge in [-0.1, -0.05) is 0 Å². The molecule has 0 radical (unpaired) electrons. The van der Waals surface area contributed by atoms with Crippen LogP contribution < -0.4 is 5.32 Å². The van der Waals surface area contributed by atoms with Crippen LogP contribution in [0.2, 0.25) is 0 Å². The van der Waals surface area contributed by atoms with Gasteiger partial charge in [0.25, 0.3) is 0 Å². The van der Waals surface area contributed by atoms with Crippen molar-refractivity contribution >= 4 is 29.9 Å². The molecule has 0 saturated heterocycles. The molecule has 4 nitrogen and oxygen atoms in total. The lowest BCUT2D eigenvalue weighted by molar-refractivity contribution is 0.863. The summed E-state index contributed by atoms with van der Waals surface area (Å²) in [5, 5.41) is 10.6. The summed E-state index contributed by atoms with van der Waals surface area (Å²) in [7, 11) is 3.74. The van der Waals surface area contributed by atoms with E-state index < -0.39 is 0 Å². The molecule has 10 heavy (non-hydrogen) atoms. The lowest BCUT2D eigenvalue weighted by Crippen LogP contribution is -1.98.